The molecule has 0 unspecified atom stereocenters. The van der Waals surface area contributed by atoms with Crippen LogP contribution in [0, 0.1) is 30.9 Å². The summed E-state index contributed by atoms with van der Waals surface area (Å²) in [6.07, 6.45) is 0. The molecule has 0 aliphatic carbocycles. The Balaban J connectivity index is 1.61. The highest BCUT2D eigenvalue weighted by atomic mass is 32.1. The Labute approximate surface area is 156 Å². The number of nitro groups is 1. The molecule has 1 amide bonds. The van der Waals surface area contributed by atoms with Crippen molar-refractivity contribution in [1.29, 1.82) is 0 Å². The van der Waals surface area contributed by atoms with Crippen LogP contribution in [-0.4, -0.2) is 51.8 Å². The molecule has 1 aliphatic rings. The van der Waals surface area contributed by atoms with Crippen molar-refractivity contribution >= 4 is 22.9 Å². The molecular weight excluding hydrogens is 352 g/mol. The van der Waals surface area contributed by atoms with Crippen LogP contribution in [0.4, 0.5) is 5.69 Å². The number of thiazole rings is 1. The molecule has 1 aliphatic heterocycles. The van der Waals surface area contributed by atoms with E-state index in [1.165, 1.54) is 10.9 Å². The molecule has 26 heavy (non-hydrogen) atoms. The first-order chi connectivity index (χ1) is 12.3. The number of aryl methyl sites for hydroxylation is 3. The first-order valence-corrected chi connectivity index (χ1v) is 9.36. The van der Waals surface area contributed by atoms with Gasteiger partial charge in [0, 0.05) is 48.2 Å². The fourth-order valence-corrected chi connectivity index (χ4v) is 4.01. The van der Waals surface area contributed by atoms with Crippen LogP contribution < -0.4 is 0 Å². The van der Waals surface area contributed by atoms with Crippen molar-refractivity contribution in [3.05, 3.63) is 55.0 Å². The molecule has 0 saturated carbocycles. The molecule has 7 nitrogen and oxygen atoms in total. The summed E-state index contributed by atoms with van der Waals surface area (Å²) in [5.74, 6) is -0.145. The van der Waals surface area contributed by atoms with Crippen LogP contribution >= 0.6 is 11.3 Å². The SMILES string of the molecule is Cc1ccc(C(=O)N2CCN(Cc3nc(C)c(C)s3)CC2)cc1[N+](=O)[O-]. The maximum atomic E-state index is 12.7. The highest BCUT2D eigenvalue weighted by Gasteiger charge is 2.24. The second-order valence-electron chi connectivity index (χ2n) is 6.58. The number of piperazine rings is 1. The van der Waals surface area contributed by atoms with Crippen LogP contribution in [0.3, 0.4) is 0 Å². The number of carbonyl (C=O) groups is 1. The predicted octanol–water partition coefficient (Wildman–Crippen LogP) is 2.93. The highest BCUT2D eigenvalue weighted by molar-refractivity contribution is 7.11. The summed E-state index contributed by atoms with van der Waals surface area (Å²) < 4.78 is 0. The van der Waals surface area contributed by atoms with Crippen molar-refractivity contribution in [2.24, 2.45) is 0 Å². The van der Waals surface area contributed by atoms with Gasteiger partial charge in [-0.15, -0.1) is 11.3 Å². The minimum atomic E-state index is -0.442. The summed E-state index contributed by atoms with van der Waals surface area (Å²) in [5, 5.41) is 12.2. The van der Waals surface area contributed by atoms with Gasteiger partial charge in [-0.05, 0) is 26.8 Å². The second kappa shape index (κ2) is 7.51. The summed E-state index contributed by atoms with van der Waals surface area (Å²) in [6, 6.07) is 4.68. The Morgan fingerprint density at radius 3 is 2.50 bits per heavy atom. The van der Waals surface area contributed by atoms with E-state index < -0.39 is 4.92 Å². The number of nitrogens with zero attached hydrogens (tertiary/aromatic N) is 4. The molecule has 1 fully saturated rings. The average molecular weight is 374 g/mol. The van der Waals surface area contributed by atoms with E-state index in [1.807, 2.05) is 6.92 Å². The minimum absolute atomic E-state index is 0.0102. The minimum Gasteiger partial charge on any atom is -0.336 e. The number of carbonyl (C=O) groups excluding carboxylic acids is 1. The van der Waals surface area contributed by atoms with Gasteiger partial charge >= 0.3 is 0 Å². The fraction of sp³-hybridized carbons (Fsp3) is 0.444. The van der Waals surface area contributed by atoms with Gasteiger partial charge in [-0.2, -0.15) is 0 Å². The van der Waals surface area contributed by atoms with E-state index in [4.69, 9.17) is 0 Å². The van der Waals surface area contributed by atoms with Gasteiger partial charge in [0.25, 0.3) is 11.6 Å². The zero-order valence-corrected chi connectivity index (χ0v) is 16.0. The lowest BCUT2D eigenvalue weighted by Crippen LogP contribution is -2.48. The van der Waals surface area contributed by atoms with E-state index in [0.717, 1.165) is 30.3 Å². The van der Waals surface area contributed by atoms with Crippen molar-refractivity contribution in [2.45, 2.75) is 27.3 Å². The van der Waals surface area contributed by atoms with Crippen molar-refractivity contribution < 1.29 is 9.72 Å². The zero-order valence-electron chi connectivity index (χ0n) is 15.2. The van der Waals surface area contributed by atoms with E-state index in [0.29, 0.717) is 24.2 Å². The number of aromatic nitrogens is 1. The summed E-state index contributed by atoms with van der Waals surface area (Å²) in [6.45, 7) is 9.35. The summed E-state index contributed by atoms with van der Waals surface area (Å²) in [7, 11) is 0. The molecule has 1 aromatic heterocycles. The van der Waals surface area contributed by atoms with E-state index in [-0.39, 0.29) is 11.6 Å². The van der Waals surface area contributed by atoms with Crippen LogP contribution in [0.2, 0.25) is 0 Å². The third-order valence-corrected chi connectivity index (χ3v) is 5.80. The molecular formula is C18H22N4O3S. The largest absolute Gasteiger partial charge is 0.336 e. The smallest absolute Gasteiger partial charge is 0.273 e. The van der Waals surface area contributed by atoms with Crippen LogP contribution in [0.1, 0.15) is 31.5 Å². The average Bonchev–Trinajstić information content (AvgIpc) is 2.92. The first-order valence-electron chi connectivity index (χ1n) is 8.54. The van der Waals surface area contributed by atoms with Crippen LogP contribution in [0.15, 0.2) is 18.2 Å². The van der Waals surface area contributed by atoms with Gasteiger partial charge in [0.15, 0.2) is 0 Å². The van der Waals surface area contributed by atoms with Crippen molar-refractivity contribution in [3.63, 3.8) is 0 Å². The summed E-state index contributed by atoms with van der Waals surface area (Å²) in [5.41, 5.74) is 2.01. The van der Waals surface area contributed by atoms with Crippen molar-refractivity contribution in [1.82, 2.24) is 14.8 Å². The fourth-order valence-electron chi connectivity index (χ4n) is 3.03. The number of benzene rings is 1. The van der Waals surface area contributed by atoms with Crippen molar-refractivity contribution in [2.75, 3.05) is 26.2 Å². The van der Waals surface area contributed by atoms with E-state index >= 15 is 0 Å². The van der Waals surface area contributed by atoms with E-state index in [9.17, 15) is 14.9 Å². The Morgan fingerprint density at radius 1 is 1.23 bits per heavy atom. The number of hydrogen-bond acceptors (Lipinski definition) is 6. The lowest BCUT2D eigenvalue weighted by molar-refractivity contribution is -0.385. The molecule has 2 heterocycles. The van der Waals surface area contributed by atoms with Gasteiger partial charge in [0.1, 0.15) is 5.01 Å². The molecule has 8 heteroatoms. The third-order valence-electron chi connectivity index (χ3n) is 4.74. The number of amides is 1. The van der Waals surface area contributed by atoms with Gasteiger partial charge in [0.2, 0.25) is 0 Å². The zero-order chi connectivity index (χ0) is 18.8. The number of nitro benzene ring substituents is 1. The molecule has 0 atom stereocenters. The Bertz CT molecular complexity index is 821. The maximum Gasteiger partial charge on any atom is 0.273 e. The molecule has 2 aromatic rings. The molecule has 0 radical (unpaired) electrons. The van der Waals surface area contributed by atoms with Gasteiger partial charge < -0.3 is 4.90 Å². The van der Waals surface area contributed by atoms with E-state index in [2.05, 4.69) is 16.8 Å². The maximum absolute atomic E-state index is 12.7. The Morgan fingerprint density at radius 2 is 1.92 bits per heavy atom. The predicted molar refractivity (Wildman–Crippen MR) is 101 cm³/mol. The molecule has 3 rings (SSSR count). The monoisotopic (exact) mass is 374 g/mol. The Hall–Kier alpha value is -2.32. The lowest BCUT2D eigenvalue weighted by Gasteiger charge is -2.34. The lowest BCUT2D eigenvalue weighted by atomic mass is 10.1. The van der Waals surface area contributed by atoms with Gasteiger partial charge in [-0.3, -0.25) is 19.8 Å². The second-order valence-corrected chi connectivity index (χ2v) is 7.86. The molecule has 138 valence electrons. The molecule has 1 aromatic carbocycles. The van der Waals surface area contributed by atoms with Gasteiger partial charge in [-0.25, -0.2) is 4.98 Å². The van der Waals surface area contributed by atoms with Gasteiger partial charge in [-0.1, -0.05) is 6.07 Å². The summed E-state index contributed by atoms with van der Waals surface area (Å²) >= 11 is 1.72. The standard InChI is InChI=1S/C18H22N4O3S/c1-12-4-5-15(10-16(12)22(24)25)18(23)21-8-6-20(7-9-21)11-17-19-13(2)14(3)26-17/h4-5,10H,6-9,11H2,1-3H3. The topological polar surface area (TPSA) is 79.6 Å². The highest BCUT2D eigenvalue weighted by Crippen LogP contribution is 2.22. The van der Waals surface area contributed by atoms with Gasteiger partial charge in [0.05, 0.1) is 17.2 Å². The Kier molecular flexibility index (Phi) is 5.33. The summed E-state index contributed by atoms with van der Waals surface area (Å²) in [4.78, 5) is 33.2. The van der Waals surface area contributed by atoms with Crippen LogP contribution in [0.5, 0.6) is 0 Å². The van der Waals surface area contributed by atoms with Crippen molar-refractivity contribution in [3.8, 4) is 0 Å². The number of rotatable bonds is 4. The van der Waals surface area contributed by atoms with Crippen LogP contribution in [-0.2, 0) is 6.54 Å². The molecule has 0 N–H and O–H groups in total. The van der Waals surface area contributed by atoms with E-state index in [1.54, 1.807) is 35.3 Å². The number of hydrogen-bond donors (Lipinski definition) is 0. The molecule has 1 saturated heterocycles. The van der Waals surface area contributed by atoms with Crippen LogP contribution in [0.25, 0.3) is 0 Å². The molecule has 0 bridgehead atoms. The first kappa shape index (κ1) is 18.5. The molecule has 0 spiro atoms. The quantitative estimate of drug-likeness (QED) is 0.607. The third kappa shape index (κ3) is 3.91. The normalized spacial score (nSPS) is 15.3.